The summed E-state index contributed by atoms with van der Waals surface area (Å²) in [5.41, 5.74) is -0.121. The molecule has 2 N–H and O–H groups in total. The number of hydrogen-bond acceptors (Lipinski definition) is 5. The Hall–Kier alpha value is -2.78. The first-order valence-electron chi connectivity index (χ1n) is 7.56. The first-order chi connectivity index (χ1) is 12.8. The summed E-state index contributed by atoms with van der Waals surface area (Å²) < 4.78 is 33.3. The van der Waals surface area contributed by atoms with Gasteiger partial charge in [0.25, 0.3) is 5.91 Å². The lowest BCUT2D eigenvalue weighted by atomic mass is 10.0. The Morgan fingerprint density at radius 3 is 2.52 bits per heavy atom. The van der Waals surface area contributed by atoms with E-state index in [1.807, 2.05) is 0 Å². The molecule has 0 fully saturated rings. The van der Waals surface area contributed by atoms with Gasteiger partial charge in [0.2, 0.25) is 0 Å². The summed E-state index contributed by atoms with van der Waals surface area (Å²) in [5, 5.41) is 16.7. The number of methoxy groups -OCH3 is 1. The number of benzene rings is 1. The molecule has 1 aromatic carbocycles. The fraction of sp³-hybridized carbons (Fsp3) is 0.111. The number of carbonyl (C=O) groups excluding carboxylic acids is 1. The fourth-order valence-electron chi connectivity index (χ4n) is 2.49. The zero-order chi connectivity index (χ0) is 19.7. The maximum atomic E-state index is 14.3. The average Bonchev–Trinajstić information content (AvgIpc) is 3.26. The highest BCUT2D eigenvalue weighted by molar-refractivity contribution is 7.15. The highest BCUT2D eigenvalue weighted by Crippen LogP contribution is 2.38. The van der Waals surface area contributed by atoms with Crippen molar-refractivity contribution in [2.45, 2.75) is 6.92 Å². The minimum Gasteiger partial charge on any atom is -0.495 e. The Morgan fingerprint density at radius 1 is 1.11 bits per heavy atom. The summed E-state index contributed by atoms with van der Waals surface area (Å²) in [6, 6.07) is 2.68. The summed E-state index contributed by atoms with van der Waals surface area (Å²) >= 11 is 2.17. The maximum Gasteiger partial charge on any atom is 0.339 e. The van der Waals surface area contributed by atoms with Crippen molar-refractivity contribution in [1.29, 1.82) is 0 Å². The largest absolute Gasteiger partial charge is 0.495 e. The summed E-state index contributed by atoms with van der Waals surface area (Å²) in [7, 11) is 1.42. The number of hydrogen-bond donors (Lipinski definition) is 2. The molecule has 0 aliphatic carbocycles. The van der Waals surface area contributed by atoms with Crippen LogP contribution in [0.4, 0.5) is 13.8 Å². The van der Waals surface area contributed by atoms with Crippen molar-refractivity contribution >= 4 is 39.6 Å². The van der Waals surface area contributed by atoms with Crippen LogP contribution in [0.15, 0.2) is 28.3 Å². The van der Waals surface area contributed by atoms with Gasteiger partial charge in [-0.2, -0.15) is 0 Å². The van der Waals surface area contributed by atoms with Crippen LogP contribution >= 0.6 is 22.7 Å². The number of thiophene rings is 2. The lowest BCUT2D eigenvalue weighted by Crippen LogP contribution is -2.13. The molecule has 0 atom stereocenters. The number of aromatic carboxylic acids is 1. The van der Waals surface area contributed by atoms with Crippen molar-refractivity contribution < 1.29 is 28.2 Å². The van der Waals surface area contributed by atoms with E-state index in [-0.39, 0.29) is 32.8 Å². The Morgan fingerprint density at radius 2 is 1.85 bits per heavy atom. The molecule has 0 aliphatic rings. The minimum atomic E-state index is -1.36. The monoisotopic (exact) mass is 409 g/mol. The van der Waals surface area contributed by atoms with E-state index in [4.69, 9.17) is 4.74 Å². The van der Waals surface area contributed by atoms with Crippen LogP contribution in [0.5, 0.6) is 5.75 Å². The van der Waals surface area contributed by atoms with E-state index in [2.05, 4.69) is 5.32 Å². The van der Waals surface area contributed by atoms with Gasteiger partial charge in [-0.05, 0) is 12.5 Å². The Kier molecular flexibility index (Phi) is 5.24. The van der Waals surface area contributed by atoms with Crippen LogP contribution in [-0.4, -0.2) is 24.1 Å². The molecule has 27 heavy (non-hydrogen) atoms. The molecule has 0 spiro atoms. The molecule has 2 aromatic heterocycles. The topological polar surface area (TPSA) is 75.6 Å². The molecule has 0 saturated carbocycles. The van der Waals surface area contributed by atoms with Gasteiger partial charge in [0, 0.05) is 27.3 Å². The first-order valence-corrected chi connectivity index (χ1v) is 9.38. The molecule has 140 valence electrons. The van der Waals surface area contributed by atoms with E-state index in [1.165, 1.54) is 42.9 Å². The van der Waals surface area contributed by atoms with Gasteiger partial charge in [0.05, 0.1) is 12.7 Å². The lowest BCUT2D eigenvalue weighted by molar-refractivity contribution is 0.0699. The zero-order valence-corrected chi connectivity index (χ0v) is 15.8. The molecule has 2 heterocycles. The van der Waals surface area contributed by atoms with Crippen LogP contribution < -0.4 is 10.1 Å². The number of halogens is 2. The Bertz CT molecular complexity index is 1040. The summed E-state index contributed by atoms with van der Waals surface area (Å²) in [4.78, 5) is 24.2. The van der Waals surface area contributed by atoms with Crippen molar-refractivity contribution in [1.82, 2.24) is 0 Å². The number of carbonyl (C=O) groups is 2. The Balaban J connectivity index is 2.03. The second-order valence-corrected chi connectivity index (χ2v) is 7.15. The highest BCUT2D eigenvalue weighted by atomic mass is 32.1. The van der Waals surface area contributed by atoms with Gasteiger partial charge in [0.15, 0.2) is 11.6 Å². The third-order valence-corrected chi connectivity index (χ3v) is 5.51. The summed E-state index contributed by atoms with van der Waals surface area (Å²) in [5.74, 6) is -3.73. The molecule has 0 aliphatic heterocycles. The van der Waals surface area contributed by atoms with Crippen LogP contribution in [0.1, 0.15) is 26.3 Å². The second-order valence-electron chi connectivity index (χ2n) is 5.52. The number of amides is 1. The average molecular weight is 409 g/mol. The number of nitrogens with one attached hydrogen (secondary N) is 1. The molecule has 3 rings (SSSR count). The number of rotatable bonds is 5. The number of carboxylic acid groups (broad SMARTS) is 1. The van der Waals surface area contributed by atoms with Crippen LogP contribution in [0, 0.1) is 18.6 Å². The van der Waals surface area contributed by atoms with E-state index < -0.39 is 23.5 Å². The van der Waals surface area contributed by atoms with Crippen molar-refractivity contribution in [3.63, 3.8) is 0 Å². The van der Waals surface area contributed by atoms with Crippen molar-refractivity contribution in [2.24, 2.45) is 0 Å². The molecule has 9 heteroatoms. The molecule has 0 radical (unpaired) electrons. The molecule has 1 amide bonds. The predicted molar refractivity (Wildman–Crippen MR) is 100 cm³/mol. The molecule has 3 aromatic rings. The molecular formula is C18H13F2NO4S2. The van der Waals surface area contributed by atoms with Crippen molar-refractivity contribution in [3.05, 3.63) is 56.6 Å². The van der Waals surface area contributed by atoms with Crippen LogP contribution in [0.25, 0.3) is 11.1 Å². The molecule has 0 unspecified atom stereocenters. The standard InChI is InChI=1S/C18H13F2NO4S2/c1-8-3-4-9(15(20)14(8)19)10-6-27-17(13(10)18(23)24)21-16(22)11-5-26-7-12(11)25-2/h3-7H,1-2H3,(H,21,22)(H,23,24). The van der Waals surface area contributed by atoms with Crippen LogP contribution in [0.2, 0.25) is 0 Å². The number of aryl methyl sites for hydroxylation is 1. The van der Waals surface area contributed by atoms with E-state index in [0.29, 0.717) is 5.75 Å². The normalized spacial score (nSPS) is 10.7. The number of ether oxygens (including phenoxy) is 1. The van der Waals surface area contributed by atoms with Gasteiger partial charge >= 0.3 is 5.97 Å². The Labute approximate surface area is 160 Å². The van der Waals surface area contributed by atoms with Gasteiger partial charge in [-0.3, -0.25) is 4.79 Å². The van der Waals surface area contributed by atoms with E-state index >= 15 is 0 Å². The van der Waals surface area contributed by atoms with Crippen molar-refractivity contribution in [2.75, 3.05) is 12.4 Å². The summed E-state index contributed by atoms with van der Waals surface area (Å²) in [6.45, 7) is 1.41. The molecule has 0 bridgehead atoms. The van der Waals surface area contributed by atoms with Crippen LogP contribution in [0.3, 0.4) is 0 Å². The third kappa shape index (κ3) is 3.43. The van der Waals surface area contributed by atoms with E-state index in [9.17, 15) is 23.5 Å². The molecular weight excluding hydrogens is 396 g/mol. The predicted octanol–water partition coefficient (Wildman–Crippen LogP) is 5.02. The SMILES string of the molecule is COc1cscc1C(=O)Nc1scc(-c2ccc(C)c(F)c2F)c1C(=O)O. The number of anilines is 1. The van der Waals surface area contributed by atoms with Gasteiger partial charge in [0.1, 0.15) is 16.3 Å². The lowest BCUT2D eigenvalue weighted by Gasteiger charge is -2.08. The van der Waals surface area contributed by atoms with E-state index in [0.717, 1.165) is 11.3 Å². The van der Waals surface area contributed by atoms with Crippen LogP contribution in [-0.2, 0) is 0 Å². The zero-order valence-electron chi connectivity index (χ0n) is 14.1. The molecule has 0 saturated heterocycles. The number of carboxylic acids is 1. The van der Waals surface area contributed by atoms with Gasteiger partial charge < -0.3 is 15.2 Å². The van der Waals surface area contributed by atoms with E-state index in [1.54, 1.807) is 10.8 Å². The highest BCUT2D eigenvalue weighted by Gasteiger charge is 2.25. The quantitative estimate of drug-likeness (QED) is 0.620. The minimum absolute atomic E-state index is 0.00326. The third-order valence-electron chi connectivity index (χ3n) is 3.89. The second kappa shape index (κ2) is 7.45. The van der Waals surface area contributed by atoms with Gasteiger partial charge in [-0.25, -0.2) is 13.6 Å². The smallest absolute Gasteiger partial charge is 0.339 e. The summed E-state index contributed by atoms with van der Waals surface area (Å²) in [6.07, 6.45) is 0. The van der Waals surface area contributed by atoms with Gasteiger partial charge in [-0.1, -0.05) is 12.1 Å². The van der Waals surface area contributed by atoms with Gasteiger partial charge in [-0.15, -0.1) is 22.7 Å². The molecule has 5 nitrogen and oxygen atoms in total. The first kappa shape index (κ1) is 19.0. The van der Waals surface area contributed by atoms with Crippen molar-refractivity contribution in [3.8, 4) is 16.9 Å². The maximum absolute atomic E-state index is 14.3. The fourth-order valence-corrected chi connectivity index (χ4v) is 4.22.